The molecule has 0 saturated carbocycles. The highest BCUT2D eigenvalue weighted by Crippen LogP contribution is 2.35. The molecule has 1 amide bonds. The zero-order valence-electron chi connectivity index (χ0n) is 20.6. The molecule has 0 aliphatic heterocycles. The number of fused-ring (bicyclic) bond motifs is 1. The van der Waals surface area contributed by atoms with Crippen molar-refractivity contribution < 1.29 is 18.0 Å². The number of halogens is 3. The first-order valence-electron chi connectivity index (χ1n) is 12.1. The second kappa shape index (κ2) is 10.3. The minimum Gasteiger partial charge on any atom is -0.324 e. The van der Waals surface area contributed by atoms with E-state index in [2.05, 4.69) is 20.6 Å². The number of rotatable bonds is 6. The van der Waals surface area contributed by atoms with Crippen LogP contribution in [0.4, 0.5) is 30.5 Å². The Hall–Kier alpha value is -5.51. The number of anilines is 3. The number of nitrogens with zero attached hydrogens (tertiary/aromatic N) is 4. The van der Waals surface area contributed by atoms with Gasteiger partial charge in [0.25, 0.3) is 5.91 Å². The summed E-state index contributed by atoms with van der Waals surface area (Å²) in [4.78, 5) is 21.6. The van der Waals surface area contributed by atoms with Crippen molar-refractivity contribution in [2.45, 2.75) is 0 Å². The molecular formula is C30H19F3N6O. The molecule has 0 fully saturated rings. The first kappa shape index (κ1) is 24.8. The highest BCUT2D eigenvalue weighted by Gasteiger charge is 2.19. The third-order valence-corrected chi connectivity index (χ3v) is 6.10. The van der Waals surface area contributed by atoms with Crippen LogP contribution in [-0.2, 0) is 0 Å². The zero-order valence-corrected chi connectivity index (χ0v) is 20.6. The lowest BCUT2D eigenvalue weighted by Crippen LogP contribution is -2.14. The Kier molecular flexibility index (Phi) is 6.41. The number of nitrogens with one attached hydrogen (secondary N) is 2. The summed E-state index contributed by atoms with van der Waals surface area (Å²) in [5.74, 6) is -2.45. The van der Waals surface area contributed by atoms with E-state index in [4.69, 9.17) is 5.10 Å². The summed E-state index contributed by atoms with van der Waals surface area (Å²) in [6.45, 7) is 0. The first-order chi connectivity index (χ1) is 19.4. The fraction of sp³-hybridized carbons (Fsp3) is 0. The number of hydrogen-bond donors (Lipinski definition) is 2. The average molecular weight is 537 g/mol. The Balaban J connectivity index is 1.39. The van der Waals surface area contributed by atoms with E-state index in [0.717, 1.165) is 23.7 Å². The number of carbonyl (C=O) groups excluding carboxylic acids is 1. The summed E-state index contributed by atoms with van der Waals surface area (Å²) in [6.07, 6.45) is 3.39. The van der Waals surface area contributed by atoms with Crippen LogP contribution in [0.3, 0.4) is 0 Å². The van der Waals surface area contributed by atoms with Gasteiger partial charge in [0.1, 0.15) is 23.1 Å². The van der Waals surface area contributed by atoms with E-state index in [0.29, 0.717) is 33.9 Å². The minimum atomic E-state index is -0.830. The van der Waals surface area contributed by atoms with Crippen LogP contribution in [0.2, 0.25) is 0 Å². The topological polar surface area (TPSA) is 84.2 Å². The SMILES string of the molecule is O=C(Nc1cccc(-c2nn3ccccc3c2-c2ccnc(Nc3cccc(F)c3)n2)c1)c1cc(F)ccc1F. The van der Waals surface area contributed by atoms with Crippen LogP contribution in [-0.4, -0.2) is 25.5 Å². The summed E-state index contributed by atoms with van der Waals surface area (Å²) in [5, 5.41) is 10.4. The van der Waals surface area contributed by atoms with Gasteiger partial charge in [-0.1, -0.05) is 24.3 Å². The third-order valence-electron chi connectivity index (χ3n) is 6.10. The van der Waals surface area contributed by atoms with Gasteiger partial charge in [-0.15, -0.1) is 0 Å². The highest BCUT2D eigenvalue weighted by molar-refractivity contribution is 6.05. The fourth-order valence-corrected chi connectivity index (χ4v) is 4.32. The second-order valence-corrected chi connectivity index (χ2v) is 8.81. The third kappa shape index (κ3) is 4.97. The number of carbonyl (C=O) groups is 1. The van der Waals surface area contributed by atoms with Crippen molar-refractivity contribution in [1.82, 2.24) is 19.6 Å². The second-order valence-electron chi connectivity index (χ2n) is 8.81. The predicted octanol–water partition coefficient (Wildman–Crippen LogP) is 6.87. The van der Waals surface area contributed by atoms with Crippen molar-refractivity contribution in [1.29, 1.82) is 0 Å². The van der Waals surface area contributed by atoms with Gasteiger partial charge in [-0.2, -0.15) is 5.10 Å². The molecule has 0 atom stereocenters. The molecule has 2 N–H and O–H groups in total. The van der Waals surface area contributed by atoms with E-state index in [1.165, 1.54) is 12.1 Å². The van der Waals surface area contributed by atoms with E-state index < -0.39 is 28.9 Å². The zero-order chi connectivity index (χ0) is 27.6. The number of hydrogen-bond acceptors (Lipinski definition) is 5. The Morgan fingerprint density at radius 1 is 0.800 bits per heavy atom. The van der Waals surface area contributed by atoms with E-state index in [-0.39, 0.29) is 5.95 Å². The van der Waals surface area contributed by atoms with Crippen molar-refractivity contribution in [3.8, 4) is 22.5 Å². The van der Waals surface area contributed by atoms with E-state index in [1.807, 2.05) is 24.3 Å². The quantitative estimate of drug-likeness (QED) is 0.243. The van der Waals surface area contributed by atoms with Crippen LogP contribution in [0.5, 0.6) is 0 Å². The molecule has 0 radical (unpaired) electrons. The van der Waals surface area contributed by atoms with Gasteiger partial charge in [-0.05, 0) is 66.7 Å². The molecule has 0 aliphatic rings. The van der Waals surface area contributed by atoms with Gasteiger partial charge < -0.3 is 10.6 Å². The van der Waals surface area contributed by atoms with Gasteiger partial charge in [0.2, 0.25) is 5.95 Å². The summed E-state index contributed by atoms with van der Waals surface area (Å²) in [7, 11) is 0. The molecule has 7 nitrogen and oxygen atoms in total. The maximum atomic E-state index is 14.1. The van der Waals surface area contributed by atoms with Gasteiger partial charge in [0, 0.05) is 29.3 Å². The lowest BCUT2D eigenvalue weighted by atomic mass is 10.0. The minimum absolute atomic E-state index is 0.266. The van der Waals surface area contributed by atoms with Crippen molar-refractivity contribution >= 4 is 28.7 Å². The van der Waals surface area contributed by atoms with Gasteiger partial charge in [-0.25, -0.2) is 27.7 Å². The predicted molar refractivity (Wildman–Crippen MR) is 146 cm³/mol. The fourth-order valence-electron chi connectivity index (χ4n) is 4.32. The summed E-state index contributed by atoms with van der Waals surface area (Å²) < 4.78 is 43.1. The molecule has 6 aromatic rings. The average Bonchev–Trinajstić information content (AvgIpc) is 3.34. The molecule has 3 heterocycles. The van der Waals surface area contributed by atoms with Crippen LogP contribution in [0, 0.1) is 17.5 Å². The Morgan fingerprint density at radius 3 is 2.50 bits per heavy atom. The monoisotopic (exact) mass is 536 g/mol. The Labute approximate surface area is 226 Å². The summed E-state index contributed by atoms with van der Waals surface area (Å²) in [5.41, 5.74) is 3.69. The molecule has 196 valence electrons. The Bertz CT molecular complexity index is 1890. The lowest BCUT2D eigenvalue weighted by Gasteiger charge is -2.09. The van der Waals surface area contributed by atoms with Crippen molar-refractivity contribution in [2.75, 3.05) is 10.6 Å². The molecule has 3 aromatic heterocycles. The smallest absolute Gasteiger partial charge is 0.258 e. The summed E-state index contributed by atoms with van der Waals surface area (Å²) >= 11 is 0. The molecule has 0 aliphatic carbocycles. The maximum absolute atomic E-state index is 14.1. The molecule has 40 heavy (non-hydrogen) atoms. The normalized spacial score (nSPS) is 11.0. The highest BCUT2D eigenvalue weighted by atomic mass is 19.1. The molecule has 0 saturated heterocycles. The van der Waals surface area contributed by atoms with Crippen LogP contribution >= 0.6 is 0 Å². The van der Waals surface area contributed by atoms with Gasteiger partial charge in [-0.3, -0.25) is 4.79 Å². The number of pyridine rings is 1. The molecule has 0 bridgehead atoms. The Morgan fingerprint density at radius 2 is 1.62 bits per heavy atom. The van der Waals surface area contributed by atoms with Crippen molar-refractivity contribution in [3.63, 3.8) is 0 Å². The largest absolute Gasteiger partial charge is 0.324 e. The van der Waals surface area contributed by atoms with Crippen LogP contribution in [0.1, 0.15) is 10.4 Å². The standard InChI is InChI=1S/C30H19F3N6O/c31-19-6-4-8-22(16-19)36-30-34-13-12-25(37-30)27-26-9-1-2-14-39(26)38-28(27)18-5-3-7-21(15-18)35-29(40)23-17-20(32)10-11-24(23)33/h1-17H,(H,35,40)(H,34,36,37). The van der Waals surface area contributed by atoms with Crippen LogP contribution in [0.25, 0.3) is 28.0 Å². The van der Waals surface area contributed by atoms with Gasteiger partial charge in [0.05, 0.1) is 22.3 Å². The number of amides is 1. The lowest BCUT2D eigenvalue weighted by molar-refractivity contribution is 0.102. The maximum Gasteiger partial charge on any atom is 0.258 e. The molecule has 6 rings (SSSR count). The van der Waals surface area contributed by atoms with Crippen molar-refractivity contribution in [2.24, 2.45) is 0 Å². The van der Waals surface area contributed by atoms with Crippen LogP contribution in [0.15, 0.2) is 103 Å². The van der Waals surface area contributed by atoms with Gasteiger partial charge >= 0.3 is 0 Å². The van der Waals surface area contributed by atoms with Gasteiger partial charge in [0.15, 0.2) is 0 Å². The van der Waals surface area contributed by atoms with Crippen LogP contribution < -0.4 is 10.6 Å². The molecule has 0 spiro atoms. The molecule has 10 heteroatoms. The van der Waals surface area contributed by atoms with E-state index in [1.54, 1.807) is 53.3 Å². The molecular weight excluding hydrogens is 517 g/mol. The number of benzene rings is 3. The molecule has 3 aromatic carbocycles. The van der Waals surface area contributed by atoms with Crippen molar-refractivity contribution in [3.05, 3.63) is 126 Å². The van der Waals surface area contributed by atoms with E-state index >= 15 is 0 Å². The molecule has 0 unspecified atom stereocenters. The number of aromatic nitrogens is 4. The first-order valence-corrected chi connectivity index (χ1v) is 12.1. The summed E-state index contributed by atoms with van der Waals surface area (Å²) in [6, 6.07) is 22.9. The van der Waals surface area contributed by atoms with E-state index in [9.17, 15) is 18.0 Å².